The minimum absolute atomic E-state index is 0.0514. The van der Waals surface area contributed by atoms with Crippen molar-refractivity contribution in [3.8, 4) is 28.4 Å². The average Bonchev–Trinajstić information content (AvgIpc) is 3.29. The Balaban J connectivity index is 1.62. The van der Waals surface area contributed by atoms with Crippen LogP contribution >= 0.6 is 11.8 Å². The fourth-order valence-corrected chi connectivity index (χ4v) is 4.19. The maximum Gasteiger partial charge on any atom is 0.234 e. The van der Waals surface area contributed by atoms with Crippen molar-refractivity contribution in [2.24, 2.45) is 0 Å². The third-order valence-corrected chi connectivity index (χ3v) is 6.15. The second kappa shape index (κ2) is 10.6. The predicted octanol–water partition coefficient (Wildman–Crippen LogP) is 5.87. The molecule has 3 aromatic carbocycles. The van der Waals surface area contributed by atoms with Crippen LogP contribution in [0.25, 0.3) is 16.9 Å². The van der Waals surface area contributed by atoms with Gasteiger partial charge in [-0.05, 0) is 49.4 Å². The Bertz CT molecular complexity index is 1360. The summed E-state index contributed by atoms with van der Waals surface area (Å²) in [5.74, 6) is -0.703. The number of anilines is 1. The summed E-state index contributed by atoms with van der Waals surface area (Å²) in [6.07, 6.45) is 1.87. The number of carbonyl (C=O) groups excluding carboxylic acids is 1. The quantitative estimate of drug-likeness (QED) is 0.310. The van der Waals surface area contributed by atoms with E-state index >= 15 is 0 Å². The SMILES string of the molecule is COc1ccc(-c2cn(-c3ccc(C)cc3)c(SCC(=O)Nc3cc(F)ccc3F)n2)cc1OC. The Kier molecular flexibility index (Phi) is 7.36. The molecule has 0 saturated carbocycles. The second-order valence-electron chi connectivity index (χ2n) is 7.65. The maximum absolute atomic E-state index is 13.9. The van der Waals surface area contributed by atoms with Gasteiger partial charge in [0, 0.05) is 23.5 Å². The van der Waals surface area contributed by atoms with Crippen molar-refractivity contribution in [3.63, 3.8) is 0 Å². The molecule has 6 nitrogen and oxygen atoms in total. The number of hydrogen-bond acceptors (Lipinski definition) is 5. The van der Waals surface area contributed by atoms with Crippen molar-refractivity contribution < 1.29 is 23.0 Å². The molecule has 4 rings (SSSR count). The van der Waals surface area contributed by atoms with Crippen LogP contribution < -0.4 is 14.8 Å². The van der Waals surface area contributed by atoms with Gasteiger partial charge in [-0.3, -0.25) is 9.36 Å². The zero-order valence-corrected chi connectivity index (χ0v) is 20.2. The van der Waals surface area contributed by atoms with E-state index in [2.05, 4.69) is 5.32 Å². The smallest absolute Gasteiger partial charge is 0.234 e. The van der Waals surface area contributed by atoms with Crippen LogP contribution in [-0.4, -0.2) is 35.4 Å². The van der Waals surface area contributed by atoms with Crippen LogP contribution in [0.4, 0.5) is 14.5 Å². The van der Waals surface area contributed by atoms with Gasteiger partial charge in [-0.2, -0.15) is 0 Å². The zero-order chi connectivity index (χ0) is 24.9. The topological polar surface area (TPSA) is 65.4 Å². The number of carbonyl (C=O) groups is 1. The highest BCUT2D eigenvalue weighted by Gasteiger charge is 2.16. The molecule has 0 aliphatic rings. The third kappa shape index (κ3) is 5.63. The number of aromatic nitrogens is 2. The fourth-order valence-electron chi connectivity index (χ4n) is 3.40. The number of hydrogen-bond donors (Lipinski definition) is 1. The van der Waals surface area contributed by atoms with Crippen molar-refractivity contribution in [1.29, 1.82) is 0 Å². The van der Waals surface area contributed by atoms with Crippen molar-refractivity contribution in [2.45, 2.75) is 12.1 Å². The highest BCUT2D eigenvalue weighted by atomic mass is 32.2. The molecule has 0 unspecified atom stereocenters. The van der Waals surface area contributed by atoms with Crippen LogP contribution in [0.5, 0.6) is 11.5 Å². The highest BCUT2D eigenvalue weighted by molar-refractivity contribution is 7.99. The highest BCUT2D eigenvalue weighted by Crippen LogP contribution is 2.34. The number of nitrogens with one attached hydrogen (secondary N) is 1. The van der Waals surface area contributed by atoms with E-state index in [-0.39, 0.29) is 11.4 Å². The molecule has 0 fully saturated rings. The van der Waals surface area contributed by atoms with Crippen LogP contribution in [0.1, 0.15) is 5.56 Å². The summed E-state index contributed by atoms with van der Waals surface area (Å²) < 4.78 is 39.9. The summed E-state index contributed by atoms with van der Waals surface area (Å²) in [5, 5.41) is 2.98. The van der Waals surface area contributed by atoms with Gasteiger partial charge in [0.05, 0.1) is 31.4 Å². The van der Waals surface area contributed by atoms with E-state index in [1.165, 1.54) is 11.8 Å². The predicted molar refractivity (Wildman–Crippen MR) is 133 cm³/mol. The van der Waals surface area contributed by atoms with Gasteiger partial charge in [0.25, 0.3) is 0 Å². The van der Waals surface area contributed by atoms with E-state index < -0.39 is 17.5 Å². The summed E-state index contributed by atoms with van der Waals surface area (Å²) in [6, 6.07) is 16.3. The molecule has 0 radical (unpaired) electrons. The number of aryl methyl sites for hydroxylation is 1. The molecule has 0 spiro atoms. The molecule has 0 bridgehead atoms. The number of halogens is 2. The van der Waals surface area contributed by atoms with Crippen LogP contribution in [-0.2, 0) is 4.79 Å². The molecule has 1 amide bonds. The van der Waals surface area contributed by atoms with Gasteiger partial charge in [-0.15, -0.1) is 0 Å². The number of methoxy groups -OCH3 is 2. The van der Waals surface area contributed by atoms with E-state index in [1.807, 2.05) is 54.1 Å². The van der Waals surface area contributed by atoms with Crippen LogP contribution in [0.3, 0.4) is 0 Å². The number of amides is 1. The molecule has 35 heavy (non-hydrogen) atoms. The number of imidazole rings is 1. The largest absolute Gasteiger partial charge is 0.493 e. The fraction of sp³-hybridized carbons (Fsp3) is 0.154. The molecule has 0 saturated heterocycles. The first-order valence-electron chi connectivity index (χ1n) is 10.6. The van der Waals surface area contributed by atoms with E-state index in [9.17, 15) is 13.6 Å². The van der Waals surface area contributed by atoms with Gasteiger partial charge in [0.2, 0.25) is 5.91 Å². The minimum Gasteiger partial charge on any atom is -0.493 e. The lowest BCUT2D eigenvalue weighted by Crippen LogP contribution is -2.15. The third-order valence-electron chi connectivity index (χ3n) is 5.20. The number of benzene rings is 3. The zero-order valence-electron chi connectivity index (χ0n) is 19.3. The first-order chi connectivity index (χ1) is 16.9. The molecule has 1 heterocycles. The molecule has 1 aromatic heterocycles. The number of thioether (sulfide) groups is 1. The Labute approximate surface area is 205 Å². The molecular formula is C26H23F2N3O3S. The minimum atomic E-state index is -0.707. The van der Waals surface area contributed by atoms with E-state index in [1.54, 1.807) is 20.3 Å². The number of rotatable bonds is 8. The average molecular weight is 496 g/mol. The molecule has 1 N–H and O–H groups in total. The second-order valence-corrected chi connectivity index (χ2v) is 8.59. The summed E-state index contributed by atoms with van der Waals surface area (Å²) in [5.41, 5.74) is 3.25. The summed E-state index contributed by atoms with van der Waals surface area (Å²) in [4.78, 5) is 17.2. The molecule has 0 aliphatic carbocycles. The molecule has 0 aliphatic heterocycles. The summed E-state index contributed by atoms with van der Waals surface area (Å²) >= 11 is 1.18. The van der Waals surface area contributed by atoms with Crippen LogP contribution in [0.2, 0.25) is 0 Å². The van der Waals surface area contributed by atoms with Crippen molar-refractivity contribution in [3.05, 3.63) is 84.1 Å². The summed E-state index contributed by atoms with van der Waals surface area (Å²) in [7, 11) is 3.13. The standard InChI is InChI=1S/C26H23F2N3O3S/c1-16-4-8-19(9-5-16)31-14-22(17-6-11-23(33-2)24(12-17)34-3)30-26(31)35-15-25(32)29-21-13-18(27)7-10-20(21)28/h4-14H,15H2,1-3H3,(H,29,32). The Morgan fingerprint density at radius 1 is 1.00 bits per heavy atom. The first-order valence-corrected chi connectivity index (χ1v) is 11.6. The first kappa shape index (κ1) is 24.3. The van der Waals surface area contributed by atoms with E-state index in [4.69, 9.17) is 14.5 Å². The summed E-state index contributed by atoms with van der Waals surface area (Å²) in [6.45, 7) is 2.00. The van der Waals surface area contributed by atoms with Gasteiger partial charge in [0.1, 0.15) is 11.6 Å². The molecular weight excluding hydrogens is 472 g/mol. The Morgan fingerprint density at radius 2 is 1.74 bits per heavy atom. The van der Waals surface area contributed by atoms with Crippen molar-refractivity contribution >= 4 is 23.4 Å². The molecule has 180 valence electrons. The van der Waals surface area contributed by atoms with E-state index in [0.29, 0.717) is 22.3 Å². The van der Waals surface area contributed by atoms with Gasteiger partial charge in [0.15, 0.2) is 16.7 Å². The van der Waals surface area contributed by atoms with Gasteiger partial charge < -0.3 is 14.8 Å². The number of ether oxygens (including phenoxy) is 2. The van der Waals surface area contributed by atoms with Crippen LogP contribution in [0.15, 0.2) is 72.0 Å². The molecule has 0 atom stereocenters. The molecule has 4 aromatic rings. The maximum atomic E-state index is 13.9. The lowest BCUT2D eigenvalue weighted by atomic mass is 10.1. The normalized spacial score (nSPS) is 10.8. The van der Waals surface area contributed by atoms with E-state index in [0.717, 1.165) is 35.0 Å². The van der Waals surface area contributed by atoms with Crippen LogP contribution in [0, 0.1) is 18.6 Å². The lowest BCUT2D eigenvalue weighted by Gasteiger charge is -2.09. The monoisotopic (exact) mass is 495 g/mol. The van der Waals surface area contributed by atoms with Gasteiger partial charge >= 0.3 is 0 Å². The molecule has 9 heteroatoms. The number of nitrogens with zero attached hydrogens (tertiary/aromatic N) is 2. The van der Waals surface area contributed by atoms with Crippen molar-refractivity contribution in [2.75, 3.05) is 25.3 Å². The van der Waals surface area contributed by atoms with Crippen molar-refractivity contribution in [1.82, 2.24) is 9.55 Å². The van der Waals surface area contributed by atoms with Gasteiger partial charge in [-0.1, -0.05) is 29.5 Å². The Hall–Kier alpha value is -3.85. The Morgan fingerprint density at radius 3 is 2.46 bits per heavy atom. The lowest BCUT2D eigenvalue weighted by molar-refractivity contribution is -0.113. The van der Waals surface area contributed by atoms with Gasteiger partial charge in [-0.25, -0.2) is 13.8 Å².